The van der Waals surface area contributed by atoms with Crippen LogP contribution in [0.15, 0.2) is 6.20 Å². The molecular weight excluding hydrogens is 216 g/mol. The maximum Gasteiger partial charge on any atom is 0.171 e. The minimum atomic E-state index is 0.509. The van der Waals surface area contributed by atoms with Gasteiger partial charge in [-0.15, -0.1) is 0 Å². The van der Waals surface area contributed by atoms with Crippen LogP contribution in [0.2, 0.25) is 0 Å². The highest BCUT2D eigenvalue weighted by molar-refractivity contribution is 5.59. The molecule has 0 bridgehead atoms. The van der Waals surface area contributed by atoms with E-state index in [1.807, 2.05) is 13.2 Å². The molecule has 1 atom stereocenters. The molecule has 1 saturated heterocycles. The minimum absolute atomic E-state index is 0.509. The molecule has 0 spiro atoms. The summed E-state index contributed by atoms with van der Waals surface area (Å²) in [6, 6.07) is 0.509. The second kappa shape index (κ2) is 4.93. The van der Waals surface area contributed by atoms with Crippen LogP contribution >= 0.6 is 0 Å². The maximum atomic E-state index is 5.85. The molecule has 17 heavy (non-hydrogen) atoms. The Morgan fingerprint density at radius 2 is 2.18 bits per heavy atom. The number of piperazine rings is 1. The Kier molecular flexibility index (Phi) is 3.54. The van der Waals surface area contributed by atoms with Gasteiger partial charge in [0.2, 0.25) is 0 Å². The van der Waals surface area contributed by atoms with Crippen molar-refractivity contribution in [1.29, 1.82) is 0 Å². The van der Waals surface area contributed by atoms with Crippen molar-refractivity contribution >= 4 is 11.5 Å². The van der Waals surface area contributed by atoms with Gasteiger partial charge in [0.1, 0.15) is 0 Å². The summed E-state index contributed by atoms with van der Waals surface area (Å²) in [5.41, 5.74) is 6.56. The van der Waals surface area contributed by atoms with Crippen molar-refractivity contribution in [2.24, 2.45) is 7.05 Å². The van der Waals surface area contributed by atoms with E-state index in [0.29, 0.717) is 11.7 Å². The number of aryl methyl sites for hydroxylation is 1. The molecule has 1 aliphatic rings. The molecule has 0 saturated carbocycles. The summed E-state index contributed by atoms with van der Waals surface area (Å²) in [5, 5.41) is 7.62. The fourth-order valence-corrected chi connectivity index (χ4v) is 2.18. The van der Waals surface area contributed by atoms with E-state index in [0.717, 1.165) is 32.0 Å². The van der Waals surface area contributed by atoms with E-state index in [9.17, 15) is 0 Å². The number of nitrogens with two attached hydrogens (primary N) is 1. The van der Waals surface area contributed by atoms with Crippen LogP contribution in [0.4, 0.5) is 11.5 Å². The van der Waals surface area contributed by atoms with Gasteiger partial charge < -0.3 is 16.0 Å². The quantitative estimate of drug-likeness (QED) is 0.754. The van der Waals surface area contributed by atoms with Crippen LogP contribution in [-0.4, -0.2) is 65.9 Å². The van der Waals surface area contributed by atoms with Crippen molar-refractivity contribution in [3.63, 3.8) is 0 Å². The molecule has 1 unspecified atom stereocenters. The predicted molar refractivity (Wildman–Crippen MR) is 70.0 cm³/mol. The Balaban J connectivity index is 1.90. The predicted octanol–water partition coefficient (Wildman–Crippen LogP) is -0.340. The fourth-order valence-electron chi connectivity index (χ4n) is 2.18. The zero-order chi connectivity index (χ0) is 12.4. The molecule has 2 heterocycles. The lowest BCUT2D eigenvalue weighted by molar-refractivity contribution is 0.122. The second-order valence-corrected chi connectivity index (χ2v) is 4.88. The third kappa shape index (κ3) is 2.89. The van der Waals surface area contributed by atoms with E-state index < -0.39 is 0 Å². The zero-order valence-electron chi connectivity index (χ0n) is 10.8. The molecule has 1 fully saturated rings. The normalized spacial score (nSPS) is 22.9. The van der Waals surface area contributed by atoms with Gasteiger partial charge in [-0.1, -0.05) is 0 Å². The first-order valence-electron chi connectivity index (χ1n) is 5.98. The molecule has 1 aromatic heterocycles. The number of aromatic nitrogens is 2. The number of rotatable bonds is 3. The number of nitrogens with zero attached hydrogens (tertiary/aromatic N) is 4. The topological polar surface area (TPSA) is 62.3 Å². The van der Waals surface area contributed by atoms with E-state index in [4.69, 9.17) is 5.73 Å². The fraction of sp³-hybridized carbons (Fsp3) is 0.727. The summed E-state index contributed by atoms with van der Waals surface area (Å²) >= 11 is 0. The molecule has 3 N–H and O–H groups in total. The Hall–Kier alpha value is -1.27. The summed E-state index contributed by atoms with van der Waals surface area (Å²) in [6.07, 6.45) is 1.82. The van der Waals surface area contributed by atoms with Gasteiger partial charge in [-0.05, 0) is 14.1 Å². The number of hydrogen-bond donors (Lipinski definition) is 2. The molecule has 1 aliphatic heterocycles. The summed E-state index contributed by atoms with van der Waals surface area (Å²) in [6.45, 7) is 4.21. The monoisotopic (exact) mass is 238 g/mol. The molecule has 0 radical (unpaired) electrons. The molecule has 6 heteroatoms. The Bertz CT molecular complexity index is 374. The highest BCUT2D eigenvalue weighted by Gasteiger charge is 2.22. The largest absolute Gasteiger partial charge is 0.394 e. The first-order chi connectivity index (χ1) is 8.06. The van der Waals surface area contributed by atoms with Crippen LogP contribution in [0.5, 0.6) is 0 Å². The Morgan fingerprint density at radius 3 is 2.82 bits per heavy atom. The summed E-state index contributed by atoms with van der Waals surface area (Å²) < 4.78 is 1.73. The summed E-state index contributed by atoms with van der Waals surface area (Å²) in [7, 11) is 6.21. The standard InChI is InChI=1S/C11H22N6/c1-15-4-5-16(2)9(7-15)6-13-11-10(12)8-17(3)14-11/h8-9H,4-7,12H2,1-3H3,(H,13,14). The van der Waals surface area contributed by atoms with Crippen molar-refractivity contribution in [1.82, 2.24) is 19.6 Å². The lowest BCUT2D eigenvalue weighted by Gasteiger charge is -2.37. The first-order valence-corrected chi connectivity index (χ1v) is 5.98. The number of hydrogen-bond acceptors (Lipinski definition) is 5. The van der Waals surface area contributed by atoms with Crippen LogP contribution in [0.25, 0.3) is 0 Å². The van der Waals surface area contributed by atoms with E-state index in [2.05, 4.69) is 34.3 Å². The highest BCUT2D eigenvalue weighted by Crippen LogP contribution is 2.15. The van der Waals surface area contributed by atoms with Gasteiger partial charge in [0, 0.05) is 45.5 Å². The Morgan fingerprint density at radius 1 is 1.41 bits per heavy atom. The van der Waals surface area contributed by atoms with Gasteiger partial charge in [0.05, 0.1) is 5.69 Å². The van der Waals surface area contributed by atoms with Gasteiger partial charge in [-0.3, -0.25) is 9.58 Å². The van der Waals surface area contributed by atoms with Crippen LogP contribution in [0.1, 0.15) is 0 Å². The van der Waals surface area contributed by atoms with Gasteiger partial charge in [-0.25, -0.2) is 0 Å². The van der Waals surface area contributed by atoms with Crippen LogP contribution in [0, 0.1) is 0 Å². The molecular formula is C11H22N6. The first kappa shape index (κ1) is 12.2. The van der Waals surface area contributed by atoms with Gasteiger partial charge in [0.15, 0.2) is 5.82 Å². The van der Waals surface area contributed by atoms with Gasteiger partial charge in [-0.2, -0.15) is 5.10 Å². The number of nitrogens with one attached hydrogen (secondary N) is 1. The third-order valence-corrected chi connectivity index (χ3v) is 3.34. The SMILES string of the molecule is CN1CCN(C)C(CNc2nn(C)cc2N)C1. The molecule has 6 nitrogen and oxygen atoms in total. The van der Waals surface area contributed by atoms with E-state index in [1.165, 1.54) is 0 Å². The molecule has 96 valence electrons. The summed E-state index contributed by atoms with van der Waals surface area (Å²) in [4.78, 5) is 4.74. The van der Waals surface area contributed by atoms with E-state index >= 15 is 0 Å². The van der Waals surface area contributed by atoms with Crippen molar-refractivity contribution < 1.29 is 0 Å². The molecule has 0 amide bonds. The smallest absolute Gasteiger partial charge is 0.171 e. The third-order valence-electron chi connectivity index (χ3n) is 3.34. The van der Waals surface area contributed by atoms with E-state index in [1.54, 1.807) is 4.68 Å². The average Bonchev–Trinajstić information content (AvgIpc) is 2.59. The van der Waals surface area contributed by atoms with Crippen molar-refractivity contribution in [3.8, 4) is 0 Å². The Labute approximate surface area is 102 Å². The molecule has 1 aromatic rings. The molecule has 0 aliphatic carbocycles. The number of nitrogen functional groups attached to an aromatic ring is 1. The maximum absolute atomic E-state index is 5.85. The van der Waals surface area contributed by atoms with Crippen LogP contribution in [-0.2, 0) is 7.05 Å². The lowest BCUT2D eigenvalue weighted by atomic mass is 10.2. The average molecular weight is 238 g/mol. The summed E-state index contributed by atoms with van der Waals surface area (Å²) in [5.74, 6) is 0.786. The lowest BCUT2D eigenvalue weighted by Crippen LogP contribution is -2.52. The zero-order valence-corrected chi connectivity index (χ0v) is 10.8. The minimum Gasteiger partial charge on any atom is -0.394 e. The van der Waals surface area contributed by atoms with Gasteiger partial charge in [0.25, 0.3) is 0 Å². The molecule has 2 rings (SSSR count). The van der Waals surface area contributed by atoms with Crippen molar-refractivity contribution in [2.45, 2.75) is 6.04 Å². The molecule has 0 aromatic carbocycles. The number of anilines is 2. The van der Waals surface area contributed by atoms with Crippen molar-refractivity contribution in [2.75, 3.05) is 51.3 Å². The van der Waals surface area contributed by atoms with E-state index in [-0.39, 0.29) is 0 Å². The number of likely N-dealkylation sites (N-methyl/N-ethyl adjacent to an activating group) is 2. The van der Waals surface area contributed by atoms with Crippen LogP contribution in [0.3, 0.4) is 0 Å². The van der Waals surface area contributed by atoms with Crippen LogP contribution < -0.4 is 11.1 Å². The second-order valence-electron chi connectivity index (χ2n) is 4.88. The highest BCUT2D eigenvalue weighted by atomic mass is 15.3. The van der Waals surface area contributed by atoms with Gasteiger partial charge >= 0.3 is 0 Å². The van der Waals surface area contributed by atoms with Crippen molar-refractivity contribution in [3.05, 3.63) is 6.20 Å².